The van der Waals surface area contributed by atoms with Gasteiger partial charge in [0.2, 0.25) is 0 Å². The van der Waals surface area contributed by atoms with Gasteiger partial charge in [-0.15, -0.1) is 0 Å². The predicted octanol–water partition coefficient (Wildman–Crippen LogP) is 3.96. The van der Waals surface area contributed by atoms with Crippen molar-refractivity contribution in [1.82, 2.24) is 9.78 Å². The van der Waals surface area contributed by atoms with Gasteiger partial charge in [0.05, 0.1) is 16.4 Å². The Kier molecular flexibility index (Phi) is 3.83. The Morgan fingerprint density at radius 3 is 2.56 bits per heavy atom. The molecule has 0 unspecified atom stereocenters. The molecule has 2 rings (SSSR count). The van der Waals surface area contributed by atoms with Gasteiger partial charge in [-0.2, -0.15) is 5.10 Å². The van der Waals surface area contributed by atoms with E-state index in [0.717, 1.165) is 17.1 Å². The molecule has 3 nitrogen and oxygen atoms in total. The summed E-state index contributed by atoms with van der Waals surface area (Å²) in [6, 6.07) is 5.43. The number of benzene rings is 1. The van der Waals surface area contributed by atoms with Crippen LogP contribution in [0, 0.1) is 13.8 Å². The molecule has 1 N–H and O–H groups in total. The Balaban J connectivity index is 2.16. The largest absolute Gasteiger partial charge is 0.380 e. The third-order valence-electron chi connectivity index (χ3n) is 3.05. The lowest BCUT2D eigenvalue weighted by atomic mass is 10.2. The maximum atomic E-state index is 6.11. The Labute approximate surface area is 117 Å². The van der Waals surface area contributed by atoms with Crippen LogP contribution in [0.3, 0.4) is 0 Å². The van der Waals surface area contributed by atoms with Crippen LogP contribution in [0.2, 0.25) is 10.0 Å². The summed E-state index contributed by atoms with van der Waals surface area (Å²) in [5, 5.41) is 8.95. The molecule has 0 aliphatic rings. The number of nitrogens with one attached hydrogen (secondary N) is 1. The van der Waals surface area contributed by atoms with Crippen molar-refractivity contribution in [3.05, 3.63) is 45.2 Å². The molecule has 18 heavy (non-hydrogen) atoms. The van der Waals surface area contributed by atoms with Gasteiger partial charge in [0.15, 0.2) is 0 Å². The van der Waals surface area contributed by atoms with E-state index in [0.29, 0.717) is 16.6 Å². The van der Waals surface area contributed by atoms with Gasteiger partial charge in [0.25, 0.3) is 0 Å². The molecule has 5 heteroatoms. The van der Waals surface area contributed by atoms with Gasteiger partial charge in [-0.1, -0.05) is 23.2 Å². The molecule has 1 heterocycles. The van der Waals surface area contributed by atoms with E-state index >= 15 is 0 Å². The number of hydrogen-bond donors (Lipinski definition) is 1. The SMILES string of the molecule is Cc1nn(C)c(C)c1CNc1ccc(Cl)cc1Cl. The number of aromatic nitrogens is 2. The van der Waals surface area contributed by atoms with Crippen molar-refractivity contribution in [3.63, 3.8) is 0 Å². The van der Waals surface area contributed by atoms with E-state index < -0.39 is 0 Å². The average Bonchev–Trinajstić information content (AvgIpc) is 2.53. The first-order valence-electron chi connectivity index (χ1n) is 5.67. The standard InChI is InChI=1S/C13H15Cl2N3/c1-8-11(9(2)18(3)17-8)7-16-13-5-4-10(14)6-12(13)15/h4-6,16H,7H2,1-3H3. The van der Waals surface area contributed by atoms with E-state index in [-0.39, 0.29) is 0 Å². The van der Waals surface area contributed by atoms with E-state index in [1.807, 2.05) is 30.8 Å². The Morgan fingerprint density at radius 2 is 2.00 bits per heavy atom. The summed E-state index contributed by atoms with van der Waals surface area (Å²) in [4.78, 5) is 0. The predicted molar refractivity (Wildman–Crippen MR) is 76.5 cm³/mol. The highest BCUT2D eigenvalue weighted by molar-refractivity contribution is 6.36. The minimum atomic E-state index is 0.627. The fourth-order valence-corrected chi connectivity index (χ4v) is 2.37. The van der Waals surface area contributed by atoms with Crippen LogP contribution in [0.15, 0.2) is 18.2 Å². The topological polar surface area (TPSA) is 29.9 Å². The van der Waals surface area contributed by atoms with Gasteiger partial charge in [-0.05, 0) is 32.0 Å². The molecule has 96 valence electrons. The molecule has 0 aliphatic heterocycles. The van der Waals surface area contributed by atoms with Gasteiger partial charge in [0, 0.05) is 29.9 Å². The van der Waals surface area contributed by atoms with Crippen LogP contribution in [0.25, 0.3) is 0 Å². The van der Waals surface area contributed by atoms with Crippen LogP contribution >= 0.6 is 23.2 Å². The molecule has 0 aliphatic carbocycles. The highest BCUT2D eigenvalue weighted by atomic mass is 35.5. The summed E-state index contributed by atoms with van der Waals surface area (Å²) in [5.74, 6) is 0. The Bertz CT molecular complexity index is 576. The zero-order valence-corrected chi connectivity index (χ0v) is 12.1. The fraction of sp³-hybridized carbons (Fsp3) is 0.308. The lowest BCUT2D eigenvalue weighted by Gasteiger charge is -2.09. The summed E-state index contributed by atoms with van der Waals surface area (Å²) in [6.07, 6.45) is 0. The highest BCUT2D eigenvalue weighted by Gasteiger charge is 2.09. The van der Waals surface area contributed by atoms with E-state index in [4.69, 9.17) is 23.2 Å². The van der Waals surface area contributed by atoms with Crippen molar-refractivity contribution < 1.29 is 0 Å². The number of rotatable bonds is 3. The fourth-order valence-electron chi connectivity index (χ4n) is 1.89. The minimum absolute atomic E-state index is 0.627. The van der Waals surface area contributed by atoms with Gasteiger partial charge in [-0.25, -0.2) is 0 Å². The van der Waals surface area contributed by atoms with Gasteiger partial charge in [-0.3, -0.25) is 4.68 Å². The molecule has 0 fully saturated rings. The van der Waals surface area contributed by atoms with Crippen molar-refractivity contribution in [1.29, 1.82) is 0 Å². The second-order valence-electron chi connectivity index (χ2n) is 4.25. The first kappa shape index (κ1) is 13.2. The van der Waals surface area contributed by atoms with Crippen LogP contribution in [0.1, 0.15) is 17.0 Å². The van der Waals surface area contributed by atoms with Crippen LogP contribution < -0.4 is 5.32 Å². The van der Waals surface area contributed by atoms with Crippen molar-refractivity contribution in [2.75, 3.05) is 5.32 Å². The molecule has 0 saturated heterocycles. The third kappa shape index (κ3) is 2.62. The smallest absolute Gasteiger partial charge is 0.0652 e. The van der Waals surface area contributed by atoms with Crippen molar-refractivity contribution in [2.45, 2.75) is 20.4 Å². The zero-order valence-electron chi connectivity index (χ0n) is 10.6. The summed E-state index contributed by atoms with van der Waals surface area (Å²) in [6.45, 7) is 4.76. The van der Waals surface area contributed by atoms with Crippen LogP contribution in [-0.2, 0) is 13.6 Å². The maximum absolute atomic E-state index is 6.11. The normalized spacial score (nSPS) is 10.7. The molecular formula is C13H15Cl2N3. The minimum Gasteiger partial charge on any atom is -0.380 e. The van der Waals surface area contributed by atoms with E-state index in [9.17, 15) is 0 Å². The molecule has 0 spiro atoms. The molecule has 2 aromatic rings. The van der Waals surface area contributed by atoms with Gasteiger partial charge < -0.3 is 5.32 Å². The lowest BCUT2D eigenvalue weighted by Crippen LogP contribution is -2.02. The zero-order chi connectivity index (χ0) is 13.3. The van der Waals surface area contributed by atoms with Crippen LogP contribution in [0.5, 0.6) is 0 Å². The molecular weight excluding hydrogens is 269 g/mol. The van der Waals surface area contributed by atoms with Gasteiger partial charge >= 0.3 is 0 Å². The summed E-state index contributed by atoms with van der Waals surface area (Å²) in [5.41, 5.74) is 4.27. The molecule has 0 atom stereocenters. The van der Waals surface area contributed by atoms with Gasteiger partial charge in [0.1, 0.15) is 0 Å². The quantitative estimate of drug-likeness (QED) is 0.924. The van der Waals surface area contributed by atoms with E-state index in [1.165, 1.54) is 5.56 Å². The van der Waals surface area contributed by atoms with Crippen molar-refractivity contribution in [2.24, 2.45) is 7.05 Å². The summed E-state index contributed by atoms with van der Waals surface area (Å²) in [7, 11) is 1.95. The third-order valence-corrected chi connectivity index (χ3v) is 3.59. The maximum Gasteiger partial charge on any atom is 0.0652 e. The summed E-state index contributed by atoms with van der Waals surface area (Å²) >= 11 is 12.0. The second kappa shape index (κ2) is 5.21. The first-order valence-corrected chi connectivity index (χ1v) is 6.42. The lowest BCUT2D eigenvalue weighted by molar-refractivity contribution is 0.730. The van der Waals surface area contributed by atoms with E-state index in [2.05, 4.69) is 17.3 Å². The highest BCUT2D eigenvalue weighted by Crippen LogP contribution is 2.26. The monoisotopic (exact) mass is 283 g/mol. The molecule has 0 radical (unpaired) electrons. The summed E-state index contributed by atoms with van der Waals surface area (Å²) < 4.78 is 1.88. The van der Waals surface area contributed by atoms with Crippen LogP contribution in [-0.4, -0.2) is 9.78 Å². The van der Waals surface area contributed by atoms with Crippen molar-refractivity contribution >= 4 is 28.9 Å². The molecule has 0 saturated carbocycles. The number of aryl methyl sites for hydroxylation is 2. The molecule has 1 aromatic heterocycles. The number of halogens is 2. The number of hydrogen-bond acceptors (Lipinski definition) is 2. The number of nitrogens with zero attached hydrogens (tertiary/aromatic N) is 2. The molecule has 1 aromatic carbocycles. The first-order chi connectivity index (χ1) is 8.49. The van der Waals surface area contributed by atoms with Crippen LogP contribution in [0.4, 0.5) is 5.69 Å². The molecule has 0 bridgehead atoms. The molecule has 0 amide bonds. The second-order valence-corrected chi connectivity index (χ2v) is 5.09. The average molecular weight is 284 g/mol. The van der Waals surface area contributed by atoms with Crippen molar-refractivity contribution in [3.8, 4) is 0 Å². The Morgan fingerprint density at radius 1 is 1.28 bits per heavy atom. The number of anilines is 1. The Hall–Kier alpha value is -1.19. The van der Waals surface area contributed by atoms with E-state index in [1.54, 1.807) is 6.07 Å².